The third kappa shape index (κ3) is 3.94. The quantitative estimate of drug-likeness (QED) is 0.395. The molecule has 0 bridgehead atoms. The first-order valence-electron chi connectivity index (χ1n) is 6.63. The fraction of sp³-hybridized carbons (Fsp3) is 0.250. The number of benzene rings is 2. The second kappa shape index (κ2) is 7.63. The zero-order valence-corrected chi connectivity index (χ0v) is 15.5. The van der Waals surface area contributed by atoms with Gasteiger partial charge in [0.15, 0.2) is 0 Å². The van der Waals surface area contributed by atoms with Crippen molar-refractivity contribution in [3.8, 4) is 0 Å². The average molecular weight is 400 g/mol. The molecule has 3 heteroatoms. The van der Waals surface area contributed by atoms with E-state index < -0.39 is 4.20 Å². The van der Waals surface area contributed by atoms with Crippen LogP contribution in [0, 0.1) is 0 Å². The zero-order chi connectivity index (χ0) is 13.6. The number of rotatable bonds is 6. The summed E-state index contributed by atoms with van der Waals surface area (Å²) in [5.74, 6) is 0. The van der Waals surface area contributed by atoms with Crippen LogP contribution in [0.1, 0.15) is 19.8 Å². The van der Waals surface area contributed by atoms with Crippen LogP contribution in [0.3, 0.4) is 0 Å². The van der Waals surface area contributed by atoms with Crippen LogP contribution in [0.15, 0.2) is 60.7 Å². The summed E-state index contributed by atoms with van der Waals surface area (Å²) < 4.78 is -1.27. The Balaban J connectivity index is 2.36. The predicted octanol–water partition coefficient (Wildman–Crippen LogP) is 3.58. The van der Waals surface area contributed by atoms with Gasteiger partial charge in [-0.1, -0.05) is 0 Å². The van der Waals surface area contributed by atoms with E-state index >= 15 is 0 Å². The van der Waals surface area contributed by atoms with Crippen LogP contribution in [0.4, 0.5) is 0 Å². The predicted molar refractivity (Wildman–Crippen MR) is 90.3 cm³/mol. The first kappa shape index (κ1) is 15.3. The van der Waals surface area contributed by atoms with Gasteiger partial charge in [-0.25, -0.2) is 0 Å². The summed E-state index contributed by atoms with van der Waals surface area (Å²) >= 11 is 4.27. The van der Waals surface area contributed by atoms with E-state index in [2.05, 4.69) is 82.7 Å². The molecule has 0 aromatic heterocycles. The van der Waals surface area contributed by atoms with Gasteiger partial charge in [0, 0.05) is 0 Å². The van der Waals surface area contributed by atoms with E-state index in [0.29, 0.717) is 14.5 Å². The Morgan fingerprint density at radius 2 is 1.37 bits per heavy atom. The van der Waals surface area contributed by atoms with Crippen molar-refractivity contribution >= 4 is 44.4 Å². The molecule has 2 aromatic rings. The van der Waals surface area contributed by atoms with E-state index in [-0.39, 0.29) is 0 Å². The van der Waals surface area contributed by atoms with Crippen LogP contribution in [-0.2, 0) is 0 Å². The molecule has 19 heavy (non-hydrogen) atoms. The molecule has 0 aliphatic heterocycles. The summed E-state index contributed by atoms with van der Waals surface area (Å²) in [6, 6.07) is 22.1. The standard InChI is InChI=1S/C16H19PSe2/c1-2-3-14-19-17(18,15-10-6-4-7-11-15)16-12-8-5-9-13-16/h4-13H,2-3,14H2,1H3. The van der Waals surface area contributed by atoms with Crippen molar-refractivity contribution in [2.24, 2.45) is 0 Å². The van der Waals surface area contributed by atoms with Crippen LogP contribution in [0.2, 0.25) is 5.32 Å². The van der Waals surface area contributed by atoms with Crippen molar-refractivity contribution in [1.29, 1.82) is 0 Å². The fourth-order valence-electron chi connectivity index (χ4n) is 1.88. The van der Waals surface area contributed by atoms with Gasteiger partial charge in [0.1, 0.15) is 0 Å². The van der Waals surface area contributed by atoms with Crippen LogP contribution in [-0.4, -0.2) is 29.6 Å². The first-order valence-corrected chi connectivity index (χ1v) is 14.1. The van der Waals surface area contributed by atoms with E-state index in [4.69, 9.17) is 0 Å². The molecule has 0 radical (unpaired) electrons. The van der Waals surface area contributed by atoms with Crippen LogP contribution < -0.4 is 10.6 Å². The molecule has 0 spiro atoms. The van der Waals surface area contributed by atoms with Crippen molar-refractivity contribution in [1.82, 2.24) is 0 Å². The topological polar surface area (TPSA) is 0 Å². The molecule has 0 aliphatic rings. The number of unbranched alkanes of at least 4 members (excludes halogenated alkanes) is 1. The Bertz CT molecular complexity index is 494. The van der Waals surface area contributed by atoms with Crippen LogP contribution in [0.25, 0.3) is 0 Å². The fourth-order valence-corrected chi connectivity index (χ4v) is 14.4. The summed E-state index contributed by atoms with van der Waals surface area (Å²) in [7, 11) is 0. The Morgan fingerprint density at radius 1 is 0.895 bits per heavy atom. The van der Waals surface area contributed by atoms with Crippen molar-refractivity contribution in [2.75, 3.05) is 0 Å². The maximum absolute atomic E-state index is 3.62. The van der Waals surface area contributed by atoms with Gasteiger partial charge >= 0.3 is 130 Å². The molecule has 0 nitrogen and oxygen atoms in total. The molecule has 0 saturated carbocycles. The molecule has 0 fully saturated rings. The molecule has 0 heterocycles. The van der Waals surface area contributed by atoms with Crippen molar-refractivity contribution in [2.45, 2.75) is 25.1 Å². The number of hydrogen-bond acceptors (Lipinski definition) is 0. The second-order valence-corrected chi connectivity index (χ2v) is 19.7. The molecule has 2 rings (SSSR count). The van der Waals surface area contributed by atoms with Gasteiger partial charge in [-0.3, -0.25) is 0 Å². The molecule has 0 atom stereocenters. The molecule has 0 unspecified atom stereocenters. The third-order valence-corrected chi connectivity index (χ3v) is 18.3. The van der Waals surface area contributed by atoms with Crippen LogP contribution >= 0.6 is 4.20 Å². The molecule has 0 saturated heterocycles. The zero-order valence-electron chi connectivity index (χ0n) is 11.2. The van der Waals surface area contributed by atoms with Crippen LogP contribution in [0.5, 0.6) is 0 Å². The van der Waals surface area contributed by atoms with E-state index in [1.54, 1.807) is 0 Å². The summed E-state index contributed by atoms with van der Waals surface area (Å²) in [6.07, 6.45) is 2.65. The molecule has 0 N–H and O–H groups in total. The SMILES string of the molecule is CCCC[Se]P(=[Se])(c1ccccc1)c1ccccc1. The van der Waals surface area contributed by atoms with E-state index in [1.807, 2.05) is 0 Å². The maximum atomic E-state index is 3.62. The summed E-state index contributed by atoms with van der Waals surface area (Å²) in [5, 5.41) is 4.39. The molecule has 0 aliphatic carbocycles. The summed E-state index contributed by atoms with van der Waals surface area (Å²) in [6.45, 7) is 2.28. The van der Waals surface area contributed by atoms with Gasteiger partial charge in [-0.15, -0.1) is 0 Å². The van der Waals surface area contributed by atoms with Crippen molar-refractivity contribution in [3.05, 3.63) is 60.7 Å². The van der Waals surface area contributed by atoms with Gasteiger partial charge < -0.3 is 0 Å². The van der Waals surface area contributed by atoms with Gasteiger partial charge in [-0.2, -0.15) is 0 Å². The Hall–Kier alpha value is -0.0910. The summed E-state index contributed by atoms with van der Waals surface area (Å²) in [4.78, 5) is 0. The van der Waals surface area contributed by atoms with E-state index in [0.717, 1.165) is 0 Å². The van der Waals surface area contributed by atoms with Gasteiger partial charge in [0.25, 0.3) is 0 Å². The average Bonchev–Trinajstić information content (AvgIpc) is 2.49. The molecule has 2 aromatic carbocycles. The minimum absolute atomic E-state index is 0.645. The summed E-state index contributed by atoms with van der Waals surface area (Å²) in [5.41, 5.74) is 0. The Labute approximate surface area is 130 Å². The van der Waals surface area contributed by atoms with Crippen molar-refractivity contribution in [3.63, 3.8) is 0 Å². The van der Waals surface area contributed by atoms with E-state index in [9.17, 15) is 0 Å². The first-order chi connectivity index (χ1) is 9.27. The molecule has 100 valence electrons. The van der Waals surface area contributed by atoms with Crippen molar-refractivity contribution < 1.29 is 0 Å². The monoisotopic (exact) mass is 402 g/mol. The Morgan fingerprint density at radius 3 is 1.79 bits per heavy atom. The molecule has 0 amide bonds. The van der Waals surface area contributed by atoms with E-state index in [1.165, 1.54) is 28.8 Å². The third-order valence-electron chi connectivity index (χ3n) is 2.96. The normalized spacial score (nSPS) is 11.4. The van der Waals surface area contributed by atoms with Gasteiger partial charge in [0.05, 0.1) is 0 Å². The molecular weight excluding hydrogens is 381 g/mol. The van der Waals surface area contributed by atoms with Gasteiger partial charge in [0.2, 0.25) is 0 Å². The van der Waals surface area contributed by atoms with Gasteiger partial charge in [-0.05, 0) is 0 Å². The molecular formula is C16H19PSe2. The Kier molecular flexibility index (Phi) is 6.14. The number of hydrogen-bond donors (Lipinski definition) is 0. The second-order valence-electron chi connectivity index (χ2n) is 4.41. The minimum atomic E-state index is -1.27.